The van der Waals surface area contributed by atoms with Gasteiger partial charge in [-0.3, -0.25) is 0 Å². The van der Waals surface area contributed by atoms with Crippen LogP contribution < -0.4 is 20.4 Å². The molecule has 0 saturated heterocycles. The fourth-order valence-corrected chi connectivity index (χ4v) is 2.43. The first-order valence-corrected chi connectivity index (χ1v) is 12.9. The van der Waals surface area contributed by atoms with E-state index in [9.17, 15) is 39.6 Å². The summed E-state index contributed by atoms with van der Waals surface area (Å²) in [7, 11) is 0. The van der Waals surface area contributed by atoms with Crippen molar-refractivity contribution in [3.63, 3.8) is 0 Å². The van der Waals surface area contributed by atoms with Crippen LogP contribution in [0.3, 0.4) is 0 Å². The molecule has 0 aromatic carbocycles. The summed E-state index contributed by atoms with van der Waals surface area (Å²) >= 11 is 0. The van der Waals surface area contributed by atoms with Gasteiger partial charge >= 0.3 is 46.1 Å². The molecule has 0 radical (unpaired) electrons. The molecule has 0 heterocycles. The van der Waals surface area contributed by atoms with Crippen LogP contribution >= 0.6 is 0 Å². The monoisotopic (exact) mass is 536 g/mol. The van der Waals surface area contributed by atoms with Crippen LogP contribution in [-0.2, 0) is 19.2 Å². The standard InChI is InChI=1S/2C7H14O2.2C6H12O2.2Mg/c2*1-2-3-4-5-6-7(8)9;2*1-2-3-4-5-6(7)8;;/h2*2-6H2,1H3,(H,8,9);2*2-5H2,1H3,(H,7,8);;/q;;;;2*+2/p-4. The topological polar surface area (TPSA) is 161 Å². The van der Waals surface area contributed by atoms with Crippen molar-refractivity contribution in [3.8, 4) is 0 Å². The normalized spacial score (nSPS) is 8.78. The first kappa shape index (κ1) is 48.5. The Labute approximate surface area is 251 Å². The first-order chi connectivity index (χ1) is 16.1. The maximum absolute atomic E-state index is 9.85. The molecule has 204 valence electrons. The molecule has 0 aliphatic carbocycles. The number of carbonyl (C=O) groups is 4. The summed E-state index contributed by atoms with van der Waals surface area (Å²) in [6, 6.07) is 0. The van der Waals surface area contributed by atoms with Gasteiger partial charge in [0.1, 0.15) is 0 Å². The third-order valence-corrected chi connectivity index (χ3v) is 4.44. The molecule has 0 unspecified atom stereocenters. The van der Waals surface area contributed by atoms with Crippen molar-refractivity contribution in [2.75, 3.05) is 0 Å². The van der Waals surface area contributed by atoms with E-state index in [0.29, 0.717) is 0 Å². The van der Waals surface area contributed by atoms with Crippen molar-refractivity contribution < 1.29 is 39.6 Å². The van der Waals surface area contributed by atoms with E-state index in [2.05, 4.69) is 13.8 Å². The molecule has 0 aromatic rings. The van der Waals surface area contributed by atoms with Crippen LogP contribution in [0.25, 0.3) is 0 Å². The number of carboxylic acids is 4. The predicted molar refractivity (Wildman–Crippen MR) is 137 cm³/mol. The van der Waals surface area contributed by atoms with Gasteiger partial charge in [0.25, 0.3) is 0 Å². The Kier molecular flexibility index (Phi) is 59.8. The molecule has 10 heteroatoms. The molecular weight excluding hydrogens is 489 g/mol. The molecule has 0 saturated carbocycles. The van der Waals surface area contributed by atoms with E-state index in [1.54, 1.807) is 0 Å². The van der Waals surface area contributed by atoms with Crippen LogP contribution in [-0.4, -0.2) is 70.0 Å². The Morgan fingerprint density at radius 1 is 0.361 bits per heavy atom. The van der Waals surface area contributed by atoms with E-state index in [1.807, 2.05) is 13.8 Å². The Bertz CT molecular complexity index is 433. The second kappa shape index (κ2) is 44.4. The molecule has 0 aromatic heterocycles. The van der Waals surface area contributed by atoms with Crippen LogP contribution in [0, 0.1) is 0 Å². The second-order valence-electron chi connectivity index (χ2n) is 8.02. The van der Waals surface area contributed by atoms with Crippen molar-refractivity contribution in [1.29, 1.82) is 0 Å². The number of aliphatic carboxylic acids is 4. The summed E-state index contributed by atoms with van der Waals surface area (Å²) in [5.41, 5.74) is 0. The summed E-state index contributed by atoms with van der Waals surface area (Å²) in [5, 5.41) is 39.2. The Morgan fingerprint density at radius 3 is 0.694 bits per heavy atom. The van der Waals surface area contributed by atoms with Gasteiger partial charge in [0, 0.05) is 23.9 Å². The number of rotatable bonds is 18. The molecular formula is C26H48Mg2O8. The molecule has 36 heavy (non-hydrogen) atoms. The third-order valence-electron chi connectivity index (χ3n) is 4.44. The zero-order valence-corrected chi connectivity index (χ0v) is 26.2. The molecule has 0 N–H and O–H groups in total. The number of carbonyl (C=O) groups excluding carboxylic acids is 4. The van der Waals surface area contributed by atoms with E-state index in [-0.39, 0.29) is 71.8 Å². The molecule has 0 aliphatic heterocycles. The van der Waals surface area contributed by atoms with Gasteiger partial charge in [-0.1, -0.05) is 91.9 Å². The smallest absolute Gasteiger partial charge is 0.550 e. The largest absolute Gasteiger partial charge is 2.00 e. The first-order valence-electron chi connectivity index (χ1n) is 12.9. The van der Waals surface area contributed by atoms with E-state index in [4.69, 9.17) is 0 Å². The van der Waals surface area contributed by atoms with E-state index in [0.717, 1.165) is 89.9 Å². The Hall–Kier alpha value is -0.588. The summed E-state index contributed by atoms with van der Waals surface area (Å²) in [6.45, 7) is 8.27. The van der Waals surface area contributed by atoms with E-state index < -0.39 is 23.9 Å². The zero-order valence-electron chi connectivity index (χ0n) is 23.4. The zero-order chi connectivity index (χ0) is 27.0. The molecule has 0 fully saturated rings. The van der Waals surface area contributed by atoms with Gasteiger partial charge in [-0.05, 0) is 51.4 Å². The Morgan fingerprint density at radius 2 is 0.528 bits per heavy atom. The number of hydrogen-bond donors (Lipinski definition) is 0. The van der Waals surface area contributed by atoms with Crippen LogP contribution in [0.1, 0.15) is 143 Å². The minimum absolute atomic E-state index is 0. The van der Waals surface area contributed by atoms with Crippen molar-refractivity contribution in [2.45, 2.75) is 143 Å². The van der Waals surface area contributed by atoms with Crippen molar-refractivity contribution in [3.05, 3.63) is 0 Å². The second-order valence-corrected chi connectivity index (χ2v) is 8.02. The molecule has 0 spiro atoms. The van der Waals surface area contributed by atoms with Crippen molar-refractivity contribution >= 4 is 70.0 Å². The van der Waals surface area contributed by atoms with Gasteiger partial charge in [-0.2, -0.15) is 0 Å². The van der Waals surface area contributed by atoms with Crippen LogP contribution in [0.4, 0.5) is 0 Å². The average molecular weight is 537 g/mol. The third kappa shape index (κ3) is 76.6. The minimum Gasteiger partial charge on any atom is -0.550 e. The van der Waals surface area contributed by atoms with Gasteiger partial charge in [-0.25, -0.2) is 0 Å². The summed E-state index contributed by atoms with van der Waals surface area (Å²) < 4.78 is 0. The molecule has 0 amide bonds. The fourth-order valence-electron chi connectivity index (χ4n) is 2.43. The van der Waals surface area contributed by atoms with Crippen LogP contribution in [0.15, 0.2) is 0 Å². The number of carboxylic acid groups (broad SMARTS) is 4. The summed E-state index contributed by atoms with van der Waals surface area (Å²) in [5.74, 6) is -3.71. The quantitative estimate of drug-likeness (QED) is 0.187. The van der Waals surface area contributed by atoms with Gasteiger partial charge in [0.2, 0.25) is 0 Å². The van der Waals surface area contributed by atoms with Gasteiger partial charge < -0.3 is 39.6 Å². The summed E-state index contributed by atoms with van der Waals surface area (Å²) in [6.07, 6.45) is 14.7. The predicted octanol–water partition coefficient (Wildman–Crippen LogP) is 1.29. The minimum atomic E-state index is -0.932. The SMILES string of the molecule is CCCCCC(=O)[O-].CCCCCC(=O)[O-].CCCCCCC(=O)[O-].CCCCCCC(=O)[O-].[Mg+2].[Mg+2]. The van der Waals surface area contributed by atoms with E-state index >= 15 is 0 Å². The van der Waals surface area contributed by atoms with Crippen LogP contribution in [0.5, 0.6) is 0 Å². The summed E-state index contributed by atoms with van der Waals surface area (Å²) in [4.78, 5) is 39.2. The maximum atomic E-state index is 9.85. The van der Waals surface area contributed by atoms with Crippen LogP contribution in [0.2, 0.25) is 0 Å². The number of hydrogen-bond acceptors (Lipinski definition) is 8. The fraction of sp³-hybridized carbons (Fsp3) is 0.846. The molecule has 8 nitrogen and oxygen atoms in total. The molecule has 0 atom stereocenters. The Balaban J connectivity index is -0.0000000819. The average Bonchev–Trinajstić information content (AvgIpc) is 2.75. The molecule has 0 bridgehead atoms. The number of unbranched alkanes of at least 4 members (excludes halogenated alkanes) is 10. The maximum Gasteiger partial charge on any atom is 2.00 e. The van der Waals surface area contributed by atoms with E-state index in [1.165, 1.54) is 0 Å². The van der Waals surface area contributed by atoms with Crippen molar-refractivity contribution in [2.24, 2.45) is 0 Å². The van der Waals surface area contributed by atoms with Crippen molar-refractivity contribution in [1.82, 2.24) is 0 Å². The van der Waals surface area contributed by atoms with Gasteiger partial charge in [0.05, 0.1) is 0 Å². The molecule has 0 aliphatic rings. The molecule has 0 rings (SSSR count). The van der Waals surface area contributed by atoms with Gasteiger partial charge in [-0.15, -0.1) is 0 Å². The van der Waals surface area contributed by atoms with Gasteiger partial charge in [0.15, 0.2) is 0 Å².